The Morgan fingerprint density at radius 1 is 1.12 bits per heavy atom. The average Bonchev–Trinajstić information content (AvgIpc) is 2.95. The van der Waals surface area contributed by atoms with Crippen LogP contribution in [0.1, 0.15) is 50.2 Å². The van der Waals surface area contributed by atoms with Crippen LogP contribution in [0, 0.1) is 11.7 Å². The Hall–Kier alpha value is -3.49. The number of halogens is 5. The fourth-order valence-electron chi connectivity index (χ4n) is 4.94. The van der Waals surface area contributed by atoms with Gasteiger partial charge in [-0.15, -0.1) is 0 Å². The zero-order valence-electron chi connectivity index (χ0n) is 23.2. The van der Waals surface area contributed by atoms with Crippen molar-refractivity contribution < 1.29 is 30.8 Å². The zero-order valence-corrected chi connectivity index (χ0v) is 24.8. The number of carbonyl (C=O) groups excluding carboxylic acids is 1. The highest BCUT2D eigenvalue weighted by Gasteiger charge is 2.36. The second kappa shape index (κ2) is 13.0. The molecule has 9 nitrogen and oxygen atoms in total. The maximum Gasteiger partial charge on any atom is 0.416 e. The van der Waals surface area contributed by atoms with Gasteiger partial charge in [0.25, 0.3) is 10.0 Å². The molecule has 0 spiro atoms. The van der Waals surface area contributed by atoms with Crippen molar-refractivity contribution in [3.63, 3.8) is 0 Å². The van der Waals surface area contributed by atoms with E-state index in [1.54, 1.807) is 19.9 Å². The summed E-state index contributed by atoms with van der Waals surface area (Å²) in [6.45, 7) is 3.56. The third-order valence-electron chi connectivity index (χ3n) is 7.36. The minimum absolute atomic E-state index is 0.0663. The van der Waals surface area contributed by atoms with Crippen molar-refractivity contribution in [2.75, 3.05) is 10.0 Å². The summed E-state index contributed by atoms with van der Waals surface area (Å²) in [4.78, 5) is 19.7. The largest absolute Gasteiger partial charge is 0.416 e. The molecular weight excluding hydrogens is 612 g/mol. The van der Waals surface area contributed by atoms with Crippen LogP contribution in [-0.4, -0.2) is 42.4 Å². The molecule has 0 aliphatic heterocycles. The molecule has 0 unspecified atom stereocenters. The molecule has 2 aromatic carbocycles. The van der Waals surface area contributed by atoms with Gasteiger partial charge in [0.2, 0.25) is 5.91 Å². The van der Waals surface area contributed by atoms with Crippen LogP contribution in [-0.2, 0) is 21.0 Å². The quantitative estimate of drug-likeness (QED) is 0.232. The SMILES string of the molecule is CC(C)[C@H](N)C(=O)N[C@H]1C[C@@H](c2cccc(C(F)(F)F)c2)CC[C@@H]1Nc1cc(F)c(S(=O)(=O)Nc2ccncn2)cc1Cl. The molecule has 1 aromatic heterocycles. The van der Waals surface area contributed by atoms with Gasteiger partial charge < -0.3 is 16.4 Å². The Bertz CT molecular complexity index is 1560. The van der Waals surface area contributed by atoms with E-state index in [-0.39, 0.29) is 34.8 Å². The van der Waals surface area contributed by atoms with Crippen molar-refractivity contribution in [3.05, 3.63) is 77.0 Å². The number of alkyl halides is 3. The molecule has 1 amide bonds. The Morgan fingerprint density at radius 3 is 2.51 bits per heavy atom. The summed E-state index contributed by atoms with van der Waals surface area (Å²) in [5, 5.41) is 5.91. The first-order valence-electron chi connectivity index (χ1n) is 13.4. The first-order valence-corrected chi connectivity index (χ1v) is 15.3. The van der Waals surface area contributed by atoms with Gasteiger partial charge in [-0.3, -0.25) is 9.52 Å². The average molecular weight is 643 g/mol. The van der Waals surface area contributed by atoms with Gasteiger partial charge in [0, 0.05) is 18.3 Å². The maximum absolute atomic E-state index is 15.2. The van der Waals surface area contributed by atoms with E-state index in [0.29, 0.717) is 18.4 Å². The molecule has 1 heterocycles. The van der Waals surface area contributed by atoms with E-state index < -0.39 is 56.5 Å². The van der Waals surface area contributed by atoms with Crippen molar-refractivity contribution in [2.45, 2.75) is 68.2 Å². The number of anilines is 2. The summed E-state index contributed by atoms with van der Waals surface area (Å²) < 4.78 is 83.0. The van der Waals surface area contributed by atoms with Crippen LogP contribution in [0.2, 0.25) is 5.02 Å². The van der Waals surface area contributed by atoms with Crippen LogP contribution in [0.4, 0.5) is 29.1 Å². The van der Waals surface area contributed by atoms with Crippen molar-refractivity contribution in [2.24, 2.45) is 11.7 Å². The van der Waals surface area contributed by atoms with E-state index in [9.17, 15) is 26.4 Å². The lowest BCUT2D eigenvalue weighted by Gasteiger charge is -2.38. The monoisotopic (exact) mass is 642 g/mol. The number of nitrogens with two attached hydrogens (primary N) is 1. The molecule has 1 aliphatic rings. The molecule has 0 saturated heterocycles. The van der Waals surface area contributed by atoms with Gasteiger partial charge >= 0.3 is 6.18 Å². The highest BCUT2D eigenvalue weighted by molar-refractivity contribution is 7.92. The lowest BCUT2D eigenvalue weighted by Crippen LogP contribution is -2.54. The first kappa shape index (κ1) is 32.4. The number of nitrogens with one attached hydrogen (secondary N) is 3. The van der Waals surface area contributed by atoms with E-state index >= 15 is 4.39 Å². The Labute approximate surface area is 251 Å². The van der Waals surface area contributed by atoms with E-state index in [2.05, 4.69) is 25.3 Å². The molecule has 1 saturated carbocycles. The molecule has 232 valence electrons. The van der Waals surface area contributed by atoms with E-state index in [4.69, 9.17) is 17.3 Å². The maximum atomic E-state index is 15.2. The smallest absolute Gasteiger partial charge is 0.379 e. The number of rotatable bonds is 9. The summed E-state index contributed by atoms with van der Waals surface area (Å²) in [5.41, 5.74) is 5.84. The van der Waals surface area contributed by atoms with Crippen LogP contribution < -0.4 is 21.1 Å². The summed E-state index contributed by atoms with van der Waals surface area (Å²) in [5.74, 6) is -2.08. The Balaban J connectivity index is 1.59. The third kappa shape index (κ3) is 7.92. The summed E-state index contributed by atoms with van der Waals surface area (Å²) >= 11 is 6.40. The third-order valence-corrected chi connectivity index (χ3v) is 9.04. The fraction of sp³-hybridized carbons (Fsp3) is 0.393. The van der Waals surface area contributed by atoms with Crippen LogP contribution in [0.25, 0.3) is 0 Å². The minimum atomic E-state index is -4.50. The zero-order chi connectivity index (χ0) is 31.5. The molecule has 43 heavy (non-hydrogen) atoms. The van der Waals surface area contributed by atoms with Crippen LogP contribution in [0.15, 0.2) is 59.9 Å². The Morgan fingerprint density at radius 2 is 1.86 bits per heavy atom. The number of hydrogen-bond acceptors (Lipinski definition) is 7. The van der Waals surface area contributed by atoms with Crippen molar-refractivity contribution in [1.29, 1.82) is 0 Å². The number of sulfonamides is 1. The van der Waals surface area contributed by atoms with Gasteiger partial charge in [-0.25, -0.2) is 22.8 Å². The van der Waals surface area contributed by atoms with Crippen molar-refractivity contribution in [1.82, 2.24) is 15.3 Å². The number of carbonyl (C=O) groups is 1. The lowest BCUT2D eigenvalue weighted by molar-refractivity contribution is -0.137. The number of amides is 1. The molecule has 0 radical (unpaired) electrons. The molecular formula is C28H31ClF4N6O3S. The van der Waals surface area contributed by atoms with Gasteiger partial charge in [0.05, 0.1) is 22.3 Å². The van der Waals surface area contributed by atoms with E-state index in [1.165, 1.54) is 18.3 Å². The summed E-state index contributed by atoms with van der Waals surface area (Å²) in [6, 6.07) is 6.30. The predicted octanol–water partition coefficient (Wildman–Crippen LogP) is 5.31. The summed E-state index contributed by atoms with van der Waals surface area (Å²) in [6.07, 6.45) is -0.972. The molecule has 1 aliphatic carbocycles. The van der Waals surface area contributed by atoms with Gasteiger partial charge in [0.15, 0.2) is 0 Å². The van der Waals surface area contributed by atoms with Gasteiger partial charge in [-0.2, -0.15) is 13.2 Å². The Kier molecular flexibility index (Phi) is 9.82. The van der Waals surface area contributed by atoms with Crippen LogP contribution >= 0.6 is 11.6 Å². The molecule has 0 bridgehead atoms. The fourth-order valence-corrected chi connectivity index (χ4v) is 6.32. The molecule has 3 aromatic rings. The summed E-state index contributed by atoms with van der Waals surface area (Å²) in [7, 11) is -4.39. The highest BCUT2D eigenvalue weighted by Crippen LogP contribution is 2.38. The number of nitrogens with zero attached hydrogens (tertiary/aromatic N) is 2. The van der Waals surface area contributed by atoms with Crippen LogP contribution in [0.3, 0.4) is 0 Å². The van der Waals surface area contributed by atoms with Crippen molar-refractivity contribution in [3.8, 4) is 0 Å². The van der Waals surface area contributed by atoms with E-state index in [1.807, 2.05) is 0 Å². The molecule has 15 heteroatoms. The van der Waals surface area contributed by atoms with Gasteiger partial charge in [0.1, 0.15) is 22.9 Å². The van der Waals surface area contributed by atoms with E-state index in [0.717, 1.165) is 30.6 Å². The van der Waals surface area contributed by atoms with Gasteiger partial charge in [-0.1, -0.05) is 43.6 Å². The standard InChI is InChI=1S/C28H31ClF4N6O3S/c1-15(2)26(34)27(40)38-23-11-17(16-4-3-5-18(10-16)28(31,32)33)6-7-21(23)37-22-13-20(30)24(12-19(22)29)43(41,42)39-25-8-9-35-14-36-25/h3-5,8-10,12-15,17,21,23,26,37H,6-7,11,34H2,1-2H3,(H,38,40)(H,35,36,39)/t17-,21-,23-,26-/m0/s1. The lowest BCUT2D eigenvalue weighted by atomic mass is 9.78. The second-order valence-electron chi connectivity index (χ2n) is 10.7. The number of benzene rings is 2. The normalized spacial score (nSPS) is 20.0. The number of aromatic nitrogens is 2. The van der Waals surface area contributed by atoms with Crippen molar-refractivity contribution >= 4 is 39.0 Å². The van der Waals surface area contributed by atoms with Gasteiger partial charge in [-0.05, 0) is 60.9 Å². The molecule has 4 rings (SSSR count). The predicted molar refractivity (Wildman–Crippen MR) is 154 cm³/mol. The number of hydrogen-bond donors (Lipinski definition) is 4. The molecule has 4 atom stereocenters. The van der Waals surface area contributed by atoms with Crippen LogP contribution in [0.5, 0.6) is 0 Å². The molecule has 5 N–H and O–H groups in total. The first-order chi connectivity index (χ1) is 20.2. The highest BCUT2D eigenvalue weighted by atomic mass is 35.5. The second-order valence-corrected chi connectivity index (χ2v) is 12.8. The molecule has 1 fully saturated rings. The topological polar surface area (TPSA) is 139 Å². The minimum Gasteiger partial charge on any atom is -0.379 e.